The number of guanidine groups is 1. The van der Waals surface area contributed by atoms with Crippen LogP contribution in [0.2, 0.25) is 0 Å². The zero-order valence-electron chi connectivity index (χ0n) is 84.3. The van der Waals surface area contributed by atoms with Crippen LogP contribution in [0.1, 0.15) is 186 Å². The zero-order valence-corrected chi connectivity index (χ0v) is 86.7. The zero-order chi connectivity index (χ0) is 105. The van der Waals surface area contributed by atoms with Crippen LogP contribution < -0.4 is 52.0 Å². The number of nitrogens with one attached hydrogen (secondary N) is 10. The Hall–Kier alpha value is -15.0. The lowest BCUT2D eigenvalue weighted by Crippen LogP contribution is -2.54. The average Bonchev–Trinajstić information content (AvgIpc) is 1.62. The second kappa shape index (κ2) is 56.1. The number of unbranched alkanes of at least 4 members (excludes halogenated alkanes) is 2. The summed E-state index contributed by atoms with van der Waals surface area (Å²) in [5.41, 5.74) is 11.6. The van der Waals surface area contributed by atoms with Crippen LogP contribution in [-0.2, 0) is 105 Å². The summed E-state index contributed by atoms with van der Waals surface area (Å²) in [7, 11) is -4.28. The van der Waals surface area contributed by atoms with E-state index in [1.165, 1.54) is 12.1 Å². The number of hydrogen-bond donors (Lipinski definition) is 10. The molecule has 0 spiro atoms. The number of carbonyl (C=O) groups excluding carboxylic acids is 12. The van der Waals surface area contributed by atoms with E-state index in [9.17, 15) is 42.0 Å². The predicted molar refractivity (Wildman–Crippen MR) is 571 cm³/mol. The first-order valence-corrected chi connectivity index (χ1v) is 52.7. The number of esters is 1. The summed E-state index contributed by atoms with van der Waals surface area (Å²) in [6.45, 7) is 10.4. The Bertz CT molecular complexity index is 6440. The van der Waals surface area contributed by atoms with Gasteiger partial charge in [0.1, 0.15) is 50.1 Å². The highest BCUT2D eigenvalue weighted by Gasteiger charge is 2.38. The van der Waals surface area contributed by atoms with Crippen molar-refractivity contribution in [2.24, 2.45) is 17.8 Å². The normalized spacial score (nSPS) is 13.2. The molecule has 0 heterocycles. The minimum Gasteiger partial charge on any atom is -0.489 e. The number of aryl methyl sites for hydroxylation is 1. The van der Waals surface area contributed by atoms with E-state index in [-0.39, 0.29) is 133 Å². The Morgan fingerprint density at radius 3 is 1.51 bits per heavy atom. The smallest absolute Gasteiger partial charge is 0.408 e. The van der Waals surface area contributed by atoms with E-state index in [0.717, 1.165) is 70.9 Å². The van der Waals surface area contributed by atoms with Gasteiger partial charge in [0.15, 0.2) is 17.3 Å². The van der Waals surface area contributed by atoms with Gasteiger partial charge in [0.2, 0.25) is 29.6 Å². The van der Waals surface area contributed by atoms with Gasteiger partial charge in [0.05, 0.1) is 29.6 Å². The number of ether oxygens (including phenoxy) is 5. The van der Waals surface area contributed by atoms with Crippen LogP contribution in [0, 0.1) is 30.1 Å². The number of carbonyl (C=O) groups is 12. The fourth-order valence-electron chi connectivity index (χ4n) is 18.1. The van der Waals surface area contributed by atoms with Gasteiger partial charge in [-0.2, -0.15) is 0 Å². The molecule has 0 unspecified atom stereocenters. The molecule has 2 aliphatic rings. The summed E-state index contributed by atoms with van der Waals surface area (Å²) >= 11 is 3.58. The predicted octanol–water partition coefficient (Wildman–Crippen LogP) is 18.2. The number of benzene rings is 11. The monoisotopic (exact) mass is 2090 g/mol. The lowest BCUT2D eigenvalue weighted by atomic mass is 9.88. The first-order chi connectivity index (χ1) is 71.5. The van der Waals surface area contributed by atoms with Crippen molar-refractivity contribution in [1.82, 2.24) is 47.3 Å². The summed E-state index contributed by atoms with van der Waals surface area (Å²) in [5, 5.41) is 32.9. The average molecular weight is 2090 g/mol. The standard InChI is InChI=1S/C115H125BrN10O19S.C2H6/c1-75-47-56-89(57-48-75)146(139,140)126-111(117)118-61-27-46-101(104(129)68-85(63-79-49-52-80-32-11-12-33-81(80)62-79)107(132)121-69-87(128)66-83(53-58-106(131)142-71-78-30-9-6-10-31-78)108(133)122-86(70-127)36-24-26-60-120-113(137)144-74-99-96-43-20-16-39-92(96)93-40-17-21-44-97(93)99)123-109(134)82(34-23-25-59-119-112(136)143-73-98-94-41-18-14-37-90(94)91-38-15-19-42-95(91)98)67-105(130)102(64-77-50-54-88(55-51-77)141-72-84-35-13-22-45-100(84)116)124-110(135)103(65-76-28-7-5-8-29-76)125-114(138)145-115(2,3)4;1-2/h5-22,28-33,35,37-45,47-52,54-57,62,70,82-83,85-86,98-99,101-103H,23-27,34,36,46,53,58-61,63-69,71-74H2,1-4H3,(H,119,136)(H,120,137)(H,121,132)(H,122,133)(H,123,134)(H,124,135)(H,125,138)(H3,117,118,126);1-2H3/t82-,83+,85-,86+,101-,102+,103+;/m1./s1. The molecule has 0 aromatic heterocycles. The quantitative estimate of drug-likeness (QED) is 0.00423. The number of halogens is 1. The highest BCUT2D eigenvalue weighted by molar-refractivity contribution is 9.10. The molecule has 11 aromatic rings. The van der Waals surface area contributed by atoms with E-state index in [0.29, 0.717) is 47.1 Å². The number of alkyl carbamates (subject to hydrolysis) is 3. The van der Waals surface area contributed by atoms with Crippen molar-refractivity contribution in [1.29, 1.82) is 5.41 Å². The molecular weight excluding hydrogens is 1960 g/mol. The Balaban J connectivity index is 0.00000966. The first kappa shape index (κ1) is 112. The van der Waals surface area contributed by atoms with E-state index < -0.39 is 155 Å². The van der Waals surface area contributed by atoms with Crippen molar-refractivity contribution in [3.63, 3.8) is 0 Å². The van der Waals surface area contributed by atoms with Crippen molar-refractivity contribution in [3.05, 3.63) is 333 Å². The largest absolute Gasteiger partial charge is 0.489 e. The molecule has 10 N–H and O–H groups in total. The van der Waals surface area contributed by atoms with Gasteiger partial charge in [0.25, 0.3) is 10.0 Å². The Morgan fingerprint density at radius 1 is 0.426 bits per heavy atom. The Labute approximate surface area is 873 Å². The highest BCUT2D eigenvalue weighted by atomic mass is 79.9. The number of rotatable bonds is 53. The van der Waals surface area contributed by atoms with Crippen LogP contribution in [0.5, 0.6) is 5.75 Å². The number of Topliss-reactive ketones (excluding diaryl/α,β-unsaturated/α-hetero) is 3. The molecule has 7 amide bonds. The molecule has 11 aromatic carbocycles. The Kier molecular flexibility index (Phi) is 42.4. The molecule has 13 rings (SSSR count). The fourth-order valence-corrected chi connectivity index (χ4v) is 19.5. The van der Waals surface area contributed by atoms with E-state index in [4.69, 9.17) is 29.1 Å². The van der Waals surface area contributed by atoms with Crippen LogP contribution in [-0.4, -0.2) is 155 Å². The van der Waals surface area contributed by atoms with Crippen molar-refractivity contribution < 1.29 is 89.6 Å². The molecule has 0 bridgehead atoms. The summed E-state index contributed by atoms with van der Waals surface area (Å²) in [6.07, 6.45) is -3.38. The minimum absolute atomic E-state index is 0.0304. The molecular formula is C117H131BrN10O19S. The molecule has 0 saturated heterocycles. The van der Waals surface area contributed by atoms with Gasteiger partial charge in [-0.3, -0.25) is 43.8 Å². The fraction of sp³-hybridized carbons (Fsp3) is 0.342. The lowest BCUT2D eigenvalue weighted by molar-refractivity contribution is -0.146. The second-order valence-electron chi connectivity index (χ2n) is 37.8. The van der Waals surface area contributed by atoms with Gasteiger partial charge in [-0.25, -0.2) is 27.5 Å². The van der Waals surface area contributed by atoms with Gasteiger partial charge < -0.3 is 71.0 Å². The van der Waals surface area contributed by atoms with Crippen molar-refractivity contribution in [2.75, 3.05) is 39.4 Å². The van der Waals surface area contributed by atoms with Crippen LogP contribution >= 0.6 is 15.9 Å². The summed E-state index contributed by atoms with van der Waals surface area (Å²) in [6, 6.07) is 77.7. The van der Waals surface area contributed by atoms with Crippen LogP contribution in [0.15, 0.2) is 282 Å². The molecule has 29 nitrogen and oxygen atoms in total. The highest BCUT2D eigenvalue weighted by Crippen LogP contribution is 2.46. The van der Waals surface area contributed by atoms with Crippen LogP contribution in [0.3, 0.4) is 0 Å². The van der Waals surface area contributed by atoms with Gasteiger partial charge in [-0.15, -0.1) is 0 Å². The maximum atomic E-state index is 16.0. The molecule has 2 aliphatic carbocycles. The number of ketones is 3. The first-order valence-electron chi connectivity index (χ1n) is 50.4. The topological polar surface area (TPSA) is 417 Å². The molecule has 7 atom stereocenters. The number of aldehydes is 1. The van der Waals surface area contributed by atoms with E-state index in [1.807, 2.05) is 172 Å². The van der Waals surface area contributed by atoms with Crippen LogP contribution in [0.4, 0.5) is 14.4 Å². The number of amides is 7. The Morgan fingerprint density at radius 2 is 0.919 bits per heavy atom. The summed E-state index contributed by atoms with van der Waals surface area (Å²) in [5.74, 6) is -10.2. The molecule has 0 aliphatic heterocycles. The SMILES string of the molecule is CC.Cc1ccc(S(=O)(=O)NC(=N)NCCC[C@@H](NC(=O)[C@H](CCCCNC(=O)OCC2c3ccccc3-c3ccccc32)CC(=O)[C@H](Cc2ccc(OCc3ccccc3Br)cc2)NC(=O)[C@H](Cc2ccccc2)NC(=O)OC(C)(C)C)C(=O)C[C@@H](Cc2ccc3ccccc3c2)C(=O)NCC(=O)C[C@H](CCC(=O)OCc2ccccc2)C(=O)N[C@H](C=O)CCCCNC(=O)OCC2c3ccccc3-c3ccccc32)cc1. The maximum absolute atomic E-state index is 16.0. The maximum Gasteiger partial charge on any atom is 0.408 e. The van der Waals surface area contributed by atoms with Crippen molar-refractivity contribution in [2.45, 2.75) is 204 Å². The molecule has 0 radical (unpaired) electrons. The molecule has 0 fully saturated rings. The van der Waals surface area contributed by atoms with Gasteiger partial charge in [-0.05, 0) is 200 Å². The van der Waals surface area contributed by atoms with Gasteiger partial charge in [0, 0.05) is 91.4 Å². The van der Waals surface area contributed by atoms with Crippen molar-refractivity contribution >= 4 is 114 Å². The molecule has 31 heteroatoms. The van der Waals surface area contributed by atoms with Crippen molar-refractivity contribution in [3.8, 4) is 28.0 Å². The van der Waals surface area contributed by atoms with E-state index in [1.54, 1.807) is 131 Å². The number of sulfonamides is 1. The lowest BCUT2D eigenvalue weighted by Gasteiger charge is -2.27. The van der Waals surface area contributed by atoms with E-state index in [2.05, 4.69) is 63.2 Å². The van der Waals surface area contributed by atoms with E-state index >= 15 is 24.0 Å². The third-order valence-corrected chi connectivity index (χ3v) is 27.9. The molecule has 0 saturated carbocycles. The second-order valence-corrected chi connectivity index (χ2v) is 40.3. The van der Waals surface area contributed by atoms with Crippen LogP contribution in [0.25, 0.3) is 33.0 Å². The number of hydrogen-bond acceptors (Lipinski definition) is 20. The van der Waals surface area contributed by atoms with Gasteiger partial charge in [-0.1, -0.05) is 284 Å². The summed E-state index contributed by atoms with van der Waals surface area (Å²) in [4.78, 5) is 174. The minimum atomic E-state index is -4.28. The third kappa shape index (κ3) is 34.1. The third-order valence-electron chi connectivity index (χ3n) is 25.8. The molecule has 776 valence electrons. The summed E-state index contributed by atoms with van der Waals surface area (Å²) < 4.78 is 59.3. The number of fused-ring (bicyclic) bond motifs is 7. The van der Waals surface area contributed by atoms with Gasteiger partial charge >= 0.3 is 24.2 Å². The molecule has 148 heavy (non-hydrogen) atoms.